The molecule has 3 rings (SSSR count). The van der Waals surface area contributed by atoms with Crippen LogP contribution in [0, 0.1) is 22.7 Å². The average Bonchev–Trinajstić information content (AvgIpc) is 2.62. The number of nitrogens with zero attached hydrogens (tertiary/aromatic N) is 3. The molecule has 0 aliphatic carbocycles. The van der Waals surface area contributed by atoms with Crippen LogP contribution in [0.25, 0.3) is 5.76 Å². The molecule has 5 heteroatoms. The molecular formula is C18H12N4O. The van der Waals surface area contributed by atoms with Crippen molar-refractivity contribution in [1.82, 2.24) is 4.98 Å². The number of benzene rings is 1. The molecular weight excluding hydrogens is 288 g/mol. The Balaban J connectivity index is 2.23. The van der Waals surface area contributed by atoms with Crippen LogP contribution >= 0.6 is 0 Å². The molecule has 0 radical (unpaired) electrons. The Morgan fingerprint density at radius 1 is 1.00 bits per heavy atom. The molecule has 0 bridgehead atoms. The van der Waals surface area contributed by atoms with Crippen molar-refractivity contribution in [2.45, 2.75) is 5.92 Å². The highest BCUT2D eigenvalue weighted by Crippen LogP contribution is 2.41. The average molecular weight is 300 g/mol. The summed E-state index contributed by atoms with van der Waals surface area (Å²) in [7, 11) is 0. The molecule has 1 unspecified atom stereocenters. The van der Waals surface area contributed by atoms with Crippen molar-refractivity contribution in [3.05, 3.63) is 83.0 Å². The summed E-state index contributed by atoms with van der Waals surface area (Å²) in [6.07, 6.45) is 3.26. The van der Waals surface area contributed by atoms with E-state index < -0.39 is 5.92 Å². The third-order valence-corrected chi connectivity index (χ3v) is 3.59. The lowest BCUT2D eigenvalue weighted by Gasteiger charge is -2.25. The zero-order valence-electron chi connectivity index (χ0n) is 12.1. The Morgan fingerprint density at radius 2 is 1.74 bits per heavy atom. The van der Waals surface area contributed by atoms with Crippen molar-refractivity contribution in [3.8, 4) is 12.1 Å². The SMILES string of the molecule is N#CC1=C(N)OC(c2ccccc2)=C(C#N)C1c1cccnc1. The van der Waals surface area contributed by atoms with Crippen LogP contribution in [0.5, 0.6) is 0 Å². The summed E-state index contributed by atoms with van der Waals surface area (Å²) in [6.45, 7) is 0. The number of nitriles is 2. The van der Waals surface area contributed by atoms with Gasteiger partial charge in [-0.25, -0.2) is 0 Å². The topological polar surface area (TPSA) is 95.7 Å². The molecule has 23 heavy (non-hydrogen) atoms. The van der Waals surface area contributed by atoms with E-state index in [-0.39, 0.29) is 11.5 Å². The fourth-order valence-electron chi connectivity index (χ4n) is 2.56. The first-order chi connectivity index (χ1) is 11.3. The molecule has 0 spiro atoms. The van der Waals surface area contributed by atoms with E-state index in [2.05, 4.69) is 17.1 Å². The van der Waals surface area contributed by atoms with E-state index in [0.29, 0.717) is 11.3 Å². The predicted octanol–water partition coefficient (Wildman–Crippen LogP) is 2.82. The van der Waals surface area contributed by atoms with Gasteiger partial charge in [0.05, 0.1) is 17.6 Å². The van der Waals surface area contributed by atoms with Crippen LogP contribution in [0.1, 0.15) is 17.0 Å². The van der Waals surface area contributed by atoms with Crippen molar-refractivity contribution >= 4 is 5.76 Å². The lowest BCUT2D eigenvalue weighted by Crippen LogP contribution is -2.20. The zero-order chi connectivity index (χ0) is 16.2. The minimum atomic E-state index is -0.581. The molecule has 0 fully saturated rings. The maximum Gasteiger partial charge on any atom is 0.205 e. The van der Waals surface area contributed by atoms with Crippen molar-refractivity contribution in [3.63, 3.8) is 0 Å². The molecule has 1 aliphatic rings. The Hall–Kier alpha value is -3.57. The number of hydrogen-bond donors (Lipinski definition) is 1. The highest BCUT2D eigenvalue weighted by molar-refractivity contribution is 5.73. The Kier molecular flexibility index (Phi) is 3.78. The highest BCUT2D eigenvalue weighted by atomic mass is 16.5. The quantitative estimate of drug-likeness (QED) is 0.920. The molecule has 0 amide bonds. The summed E-state index contributed by atoms with van der Waals surface area (Å²) < 4.78 is 5.60. The second-order valence-corrected chi connectivity index (χ2v) is 4.93. The fraction of sp³-hybridized carbons (Fsp3) is 0.0556. The first kappa shape index (κ1) is 14.4. The van der Waals surface area contributed by atoms with E-state index in [1.165, 1.54) is 0 Å². The smallest absolute Gasteiger partial charge is 0.205 e. The van der Waals surface area contributed by atoms with Gasteiger partial charge in [0.1, 0.15) is 11.6 Å². The summed E-state index contributed by atoms with van der Waals surface area (Å²) >= 11 is 0. The fourth-order valence-corrected chi connectivity index (χ4v) is 2.56. The molecule has 1 atom stereocenters. The molecule has 1 aromatic heterocycles. The van der Waals surface area contributed by atoms with E-state index in [4.69, 9.17) is 10.5 Å². The molecule has 110 valence electrons. The second-order valence-electron chi connectivity index (χ2n) is 4.93. The van der Waals surface area contributed by atoms with Crippen molar-refractivity contribution in [1.29, 1.82) is 10.5 Å². The molecule has 2 aromatic rings. The summed E-state index contributed by atoms with van der Waals surface area (Å²) in [6, 6.07) is 17.0. The zero-order valence-corrected chi connectivity index (χ0v) is 12.1. The maximum atomic E-state index is 9.67. The summed E-state index contributed by atoms with van der Waals surface area (Å²) in [5, 5.41) is 19.1. The first-order valence-electron chi connectivity index (χ1n) is 6.93. The first-order valence-corrected chi connectivity index (χ1v) is 6.93. The van der Waals surface area contributed by atoms with Crippen LogP contribution < -0.4 is 5.73 Å². The Morgan fingerprint density at radius 3 is 2.35 bits per heavy atom. The van der Waals surface area contributed by atoms with Crippen molar-refractivity contribution in [2.75, 3.05) is 0 Å². The number of pyridine rings is 1. The third kappa shape index (κ3) is 2.52. The van der Waals surface area contributed by atoms with Gasteiger partial charge in [0.25, 0.3) is 0 Å². The van der Waals surface area contributed by atoms with Gasteiger partial charge in [-0.05, 0) is 11.6 Å². The summed E-state index contributed by atoms with van der Waals surface area (Å²) in [5.41, 5.74) is 7.95. The lowest BCUT2D eigenvalue weighted by atomic mass is 9.83. The minimum absolute atomic E-state index is 0.0132. The molecule has 0 saturated heterocycles. The maximum absolute atomic E-state index is 9.67. The summed E-state index contributed by atoms with van der Waals surface area (Å²) in [5.74, 6) is -0.194. The monoisotopic (exact) mass is 300 g/mol. The number of aromatic nitrogens is 1. The normalized spacial score (nSPS) is 17.2. The molecule has 0 saturated carbocycles. The summed E-state index contributed by atoms with van der Waals surface area (Å²) in [4.78, 5) is 4.07. The number of rotatable bonds is 2. The Bertz CT molecular complexity index is 871. The van der Waals surface area contributed by atoms with Crippen LogP contribution in [0.3, 0.4) is 0 Å². The molecule has 1 aromatic carbocycles. The number of nitrogens with two attached hydrogens (primary N) is 1. The van der Waals surface area contributed by atoms with Gasteiger partial charge in [0.15, 0.2) is 5.76 Å². The largest absolute Gasteiger partial charge is 0.439 e. The highest BCUT2D eigenvalue weighted by Gasteiger charge is 2.33. The van der Waals surface area contributed by atoms with Gasteiger partial charge < -0.3 is 10.5 Å². The van der Waals surface area contributed by atoms with Gasteiger partial charge in [-0.3, -0.25) is 4.98 Å². The van der Waals surface area contributed by atoms with E-state index in [1.807, 2.05) is 36.4 Å². The van der Waals surface area contributed by atoms with E-state index >= 15 is 0 Å². The van der Waals surface area contributed by atoms with Gasteiger partial charge in [0, 0.05) is 18.0 Å². The predicted molar refractivity (Wildman–Crippen MR) is 83.9 cm³/mol. The minimum Gasteiger partial charge on any atom is -0.439 e. The lowest BCUT2D eigenvalue weighted by molar-refractivity contribution is 0.357. The Labute approximate surface area is 133 Å². The van der Waals surface area contributed by atoms with Crippen molar-refractivity contribution in [2.24, 2.45) is 5.73 Å². The van der Waals surface area contributed by atoms with Gasteiger partial charge >= 0.3 is 0 Å². The van der Waals surface area contributed by atoms with E-state index in [1.54, 1.807) is 18.5 Å². The second kappa shape index (κ2) is 6.05. The number of allylic oxidation sites excluding steroid dienone is 2. The van der Waals surface area contributed by atoms with Crippen LogP contribution in [0.2, 0.25) is 0 Å². The van der Waals surface area contributed by atoms with Crippen LogP contribution in [0.15, 0.2) is 71.9 Å². The molecule has 2 heterocycles. The van der Waals surface area contributed by atoms with Crippen LogP contribution in [-0.2, 0) is 4.74 Å². The van der Waals surface area contributed by atoms with Crippen LogP contribution in [0.4, 0.5) is 0 Å². The van der Waals surface area contributed by atoms with Gasteiger partial charge in [-0.2, -0.15) is 10.5 Å². The third-order valence-electron chi connectivity index (χ3n) is 3.59. The number of hydrogen-bond acceptors (Lipinski definition) is 5. The number of ether oxygens (including phenoxy) is 1. The standard InChI is InChI=1S/C18H12N4O/c19-9-14-16(13-7-4-8-22-11-13)15(10-20)18(21)23-17(14)12-5-2-1-3-6-12/h1-8,11,16H,21H2. The van der Waals surface area contributed by atoms with E-state index in [9.17, 15) is 10.5 Å². The van der Waals surface area contributed by atoms with Gasteiger partial charge in [0.2, 0.25) is 5.88 Å². The van der Waals surface area contributed by atoms with Crippen LogP contribution in [-0.4, -0.2) is 4.98 Å². The van der Waals surface area contributed by atoms with Gasteiger partial charge in [-0.1, -0.05) is 36.4 Å². The molecule has 2 N–H and O–H groups in total. The molecule has 5 nitrogen and oxygen atoms in total. The van der Waals surface area contributed by atoms with E-state index in [0.717, 1.165) is 11.1 Å². The van der Waals surface area contributed by atoms with Crippen molar-refractivity contribution < 1.29 is 4.74 Å². The van der Waals surface area contributed by atoms with Gasteiger partial charge in [-0.15, -0.1) is 0 Å². The molecule has 1 aliphatic heterocycles.